The van der Waals surface area contributed by atoms with E-state index in [-0.39, 0.29) is 17.1 Å². The number of benzene rings is 1. The first-order valence-corrected chi connectivity index (χ1v) is 6.30. The first-order chi connectivity index (χ1) is 10.6. The summed E-state index contributed by atoms with van der Waals surface area (Å²) in [5.41, 5.74) is 5.85. The molecule has 3 N–H and O–H groups in total. The summed E-state index contributed by atoms with van der Waals surface area (Å²) in [6.07, 6.45) is 0.928. The second-order valence-corrected chi connectivity index (χ2v) is 4.48. The number of anilines is 1. The van der Waals surface area contributed by atoms with Gasteiger partial charge in [0.05, 0.1) is 6.20 Å². The molecule has 0 aliphatic carbocycles. The number of nitrogens with zero attached hydrogens (tertiary/aromatic N) is 1. The first kappa shape index (κ1) is 13.7. The van der Waals surface area contributed by atoms with Crippen molar-refractivity contribution in [2.24, 2.45) is 5.73 Å². The minimum atomic E-state index is -0.807. The second-order valence-electron chi connectivity index (χ2n) is 4.48. The summed E-state index contributed by atoms with van der Waals surface area (Å²) in [6.45, 7) is 0. The molecule has 1 aromatic carbocycles. The Balaban J connectivity index is 2.02. The van der Waals surface area contributed by atoms with E-state index in [1.165, 1.54) is 6.07 Å². The molecule has 110 valence electrons. The Hall–Kier alpha value is -3.22. The van der Waals surface area contributed by atoms with Crippen molar-refractivity contribution in [2.75, 3.05) is 5.32 Å². The molecule has 0 bridgehead atoms. The third-order valence-electron chi connectivity index (χ3n) is 3.02. The summed E-state index contributed by atoms with van der Waals surface area (Å²) >= 11 is 0. The summed E-state index contributed by atoms with van der Waals surface area (Å²) in [7, 11) is 0. The van der Waals surface area contributed by atoms with Crippen molar-refractivity contribution in [2.45, 2.75) is 0 Å². The Morgan fingerprint density at radius 2 is 1.95 bits per heavy atom. The van der Waals surface area contributed by atoms with E-state index in [1.54, 1.807) is 24.3 Å². The van der Waals surface area contributed by atoms with Gasteiger partial charge in [0.15, 0.2) is 0 Å². The van der Waals surface area contributed by atoms with Gasteiger partial charge in [-0.2, -0.15) is 0 Å². The maximum absolute atomic E-state index is 12.8. The van der Waals surface area contributed by atoms with E-state index in [2.05, 4.69) is 10.3 Å². The van der Waals surface area contributed by atoms with E-state index >= 15 is 0 Å². The van der Waals surface area contributed by atoms with E-state index in [1.807, 2.05) is 0 Å². The van der Waals surface area contributed by atoms with Crippen LogP contribution in [-0.4, -0.2) is 16.8 Å². The van der Waals surface area contributed by atoms with Gasteiger partial charge in [-0.3, -0.25) is 9.59 Å². The van der Waals surface area contributed by atoms with Crippen LogP contribution in [0.4, 0.5) is 10.1 Å². The number of pyridine rings is 1. The minimum absolute atomic E-state index is 0.00195. The number of hydrogen-bond acceptors (Lipinski definition) is 4. The van der Waals surface area contributed by atoms with E-state index in [0.717, 1.165) is 12.3 Å². The van der Waals surface area contributed by atoms with Crippen LogP contribution in [0.2, 0.25) is 0 Å². The zero-order chi connectivity index (χ0) is 15.7. The van der Waals surface area contributed by atoms with Crippen molar-refractivity contribution >= 4 is 28.5 Å². The van der Waals surface area contributed by atoms with Crippen molar-refractivity contribution in [3.05, 3.63) is 59.9 Å². The molecule has 7 heteroatoms. The molecule has 0 fully saturated rings. The van der Waals surface area contributed by atoms with E-state index in [0.29, 0.717) is 11.0 Å². The topological polar surface area (TPSA) is 98.2 Å². The van der Waals surface area contributed by atoms with Crippen LogP contribution < -0.4 is 11.1 Å². The normalized spacial score (nSPS) is 10.6. The lowest BCUT2D eigenvalue weighted by atomic mass is 10.2. The lowest BCUT2D eigenvalue weighted by Gasteiger charge is -2.04. The number of fused-ring (bicyclic) bond motifs is 1. The molecule has 2 amide bonds. The highest BCUT2D eigenvalue weighted by molar-refractivity contribution is 6.13. The van der Waals surface area contributed by atoms with Gasteiger partial charge in [0.25, 0.3) is 11.8 Å². The summed E-state index contributed by atoms with van der Waals surface area (Å²) in [4.78, 5) is 27.3. The van der Waals surface area contributed by atoms with Gasteiger partial charge in [0.2, 0.25) is 5.76 Å². The average Bonchev–Trinajstić information content (AvgIpc) is 2.87. The molecule has 0 radical (unpaired) electrons. The summed E-state index contributed by atoms with van der Waals surface area (Å²) < 4.78 is 18.2. The number of carbonyl (C=O) groups is 2. The minimum Gasteiger partial charge on any atom is -0.449 e. The predicted molar refractivity (Wildman–Crippen MR) is 76.9 cm³/mol. The van der Waals surface area contributed by atoms with Crippen LogP contribution in [0, 0.1) is 5.82 Å². The molecule has 0 spiro atoms. The summed E-state index contributed by atoms with van der Waals surface area (Å²) in [5.74, 6) is -2.12. The summed E-state index contributed by atoms with van der Waals surface area (Å²) in [5, 5.41) is 3.07. The molecule has 3 aromatic rings. The first-order valence-electron chi connectivity index (χ1n) is 6.30. The van der Waals surface area contributed by atoms with Gasteiger partial charge in [-0.15, -0.1) is 0 Å². The molecule has 2 aromatic heterocycles. The molecule has 6 nitrogen and oxygen atoms in total. The Labute approximate surface area is 123 Å². The molecule has 0 atom stereocenters. The zero-order valence-corrected chi connectivity index (χ0v) is 11.2. The zero-order valence-electron chi connectivity index (χ0n) is 11.2. The number of nitrogens with one attached hydrogen (secondary N) is 1. The van der Waals surface area contributed by atoms with Crippen LogP contribution >= 0.6 is 0 Å². The fourth-order valence-corrected chi connectivity index (χ4v) is 2.03. The van der Waals surface area contributed by atoms with Crippen molar-refractivity contribution in [1.82, 2.24) is 4.98 Å². The Morgan fingerprint density at radius 3 is 2.64 bits per heavy atom. The highest BCUT2D eigenvalue weighted by Crippen LogP contribution is 2.30. The lowest BCUT2D eigenvalue weighted by Crippen LogP contribution is -2.18. The predicted octanol–water partition coefficient (Wildman–Crippen LogP) is 2.32. The highest BCUT2D eigenvalue weighted by Gasteiger charge is 2.21. The van der Waals surface area contributed by atoms with Gasteiger partial charge >= 0.3 is 0 Å². The number of hydrogen-bond donors (Lipinski definition) is 2. The smallest absolute Gasteiger partial charge is 0.286 e. The molecule has 0 saturated heterocycles. The number of primary amides is 1. The van der Waals surface area contributed by atoms with Crippen molar-refractivity contribution in [3.63, 3.8) is 0 Å². The third-order valence-corrected chi connectivity index (χ3v) is 3.02. The molecule has 0 aliphatic heterocycles. The number of amides is 2. The van der Waals surface area contributed by atoms with E-state index in [4.69, 9.17) is 10.2 Å². The van der Waals surface area contributed by atoms with Crippen molar-refractivity contribution in [3.8, 4) is 0 Å². The number of aromatic nitrogens is 1. The molecular weight excluding hydrogens is 289 g/mol. The number of furan rings is 1. The number of para-hydroxylation sites is 1. The number of rotatable bonds is 3. The number of nitrogens with two attached hydrogens (primary N) is 1. The van der Waals surface area contributed by atoms with Gasteiger partial charge in [-0.05, 0) is 24.3 Å². The standard InChI is InChI=1S/C15H10FN3O3/c16-8-5-6-10(18-7-8)15(21)19-12-9-3-1-2-4-11(9)22-13(12)14(17)20/h1-7H,(H2,17,20)(H,19,21). The molecule has 0 saturated carbocycles. The largest absolute Gasteiger partial charge is 0.449 e. The molecule has 3 rings (SSSR count). The van der Waals surface area contributed by atoms with Gasteiger partial charge in [0.1, 0.15) is 22.8 Å². The van der Waals surface area contributed by atoms with Crippen molar-refractivity contribution in [1.29, 1.82) is 0 Å². The molecule has 0 aliphatic rings. The maximum atomic E-state index is 12.8. The molecular formula is C15H10FN3O3. The fraction of sp³-hybridized carbons (Fsp3) is 0. The molecule has 0 unspecified atom stereocenters. The number of carbonyl (C=O) groups excluding carboxylic acids is 2. The van der Waals surface area contributed by atoms with E-state index in [9.17, 15) is 14.0 Å². The van der Waals surface area contributed by atoms with Gasteiger partial charge in [0, 0.05) is 5.39 Å². The van der Waals surface area contributed by atoms with Gasteiger partial charge < -0.3 is 15.5 Å². The van der Waals surface area contributed by atoms with Crippen LogP contribution in [0.5, 0.6) is 0 Å². The Bertz CT molecular complexity index is 871. The quantitative estimate of drug-likeness (QED) is 0.775. The van der Waals surface area contributed by atoms with Crippen LogP contribution in [0.3, 0.4) is 0 Å². The lowest BCUT2D eigenvalue weighted by molar-refractivity contribution is 0.0977. The van der Waals surface area contributed by atoms with Crippen LogP contribution in [0.25, 0.3) is 11.0 Å². The van der Waals surface area contributed by atoms with Crippen molar-refractivity contribution < 1.29 is 18.4 Å². The van der Waals surface area contributed by atoms with Crippen LogP contribution in [-0.2, 0) is 0 Å². The van der Waals surface area contributed by atoms with Crippen LogP contribution in [0.1, 0.15) is 21.0 Å². The average molecular weight is 299 g/mol. The fourth-order valence-electron chi connectivity index (χ4n) is 2.03. The molecule has 2 heterocycles. The molecule has 22 heavy (non-hydrogen) atoms. The Morgan fingerprint density at radius 1 is 1.18 bits per heavy atom. The summed E-state index contributed by atoms with van der Waals surface area (Å²) in [6, 6.07) is 9.13. The van der Waals surface area contributed by atoms with Gasteiger partial charge in [-0.25, -0.2) is 9.37 Å². The van der Waals surface area contributed by atoms with E-state index < -0.39 is 17.6 Å². The number of halogens is 1. The SMILES string of the molecule is NC(=O)c1oc2ccccc2c1NC(=O)c1ccc(F)cn1. The highest BCUT2D eigenvalue weighted by atomic mass is 19.1. The van der Waals surface area contributed by atoms with Gasteiger partial charge in [-0.1, -0.05) is 12.1 Å². The maximum Gasteiger partial charge on any atom is 0.286 e. The third kappa shape index (κ3) is 2.39. The monoisotopic (exact) mass is 299 g/mol. The van der Waals surface area contributed by atoms with Crippen LogP contribution in [0.15, 0.2) is 47.0 Å². The Kier molecular flexibility index (Phi) is 3.30. The second kappa shape index (κ2) is 5.28.